The number of carbonyl (C=O) groups is 1. The van der Waals surface area contributed by atoms with Crippen LogP contribution in [0.15, 0.2) is 88.5 Å². The zero-order valence-corrected chi connectivity index (χ0v) is 20.7. The van der Waals surface area contributed by atoms with Gasteiger partial charge in [-0.15, -0.1) is 0 Å². The molecule has 0 bridgehead atoms. The van der Waals surface area contributed by atoms with Crippen LogP contribution in [0.1, 0.15) is 22.3 Å². The largest absolute Gasteiger partial charge is 0.490 e. The Bertz CT molecular complexity index is 1430. The maximum Gasteiger partial charge on any atom is 0.283 e. The fraction of sp³-hybridized carbons (Fsp3) is 0.143. The van der Waals surface area contributed by atoms with Crippen molar-refractivity contribution < 1.29 is 14.3 Å². The van der Waals surface area contributed by atoms with Crippen LogP contribution in [0.25, 0.3) is 6.08 Å². The number of nitrogens with zero attached hydrogens (tertiary/aromatic N) is 3. The van der Waals surface area contributed by atoms with Crippen LogP contribution in [-0.2, 0) is 4.79 Å². The minimum absolute atomic E-state index is 0.00904. The highest BCUT2D eigenvalue weighted by Gasteiger charge is 2.36. The molecule has 180 valence electrons. The first-order valence-corrected chi connectivity index (χ1v) is 12.3. The van der Waals surface area contributed by atoms with Gasteiger partial charge in [0.05, 0.1) is 5.57 Å². The minimum Gasteiger partial charge on any atom is -0.490 e. The van der Waals surface area contributed by atoms with Crippen molar-refractivity contribution in [2.24, 2.45) is 10.1 Å². The Morgan fingerprint density at radius 3 is 2.36 bits per heavy atom. The summed E-state index contributed by atoms with van der Waals surface area (Å²) < 4.78 is 11.5. The van der Waals surface area contributed by atoms with Crippen LogP contribution in [0, 0.1) is 19.3 Å². The number of hydrazone groups is 1. The highest BCUT2D eigenvalue weighted by molar-refractivity contribution is 8.27. The third-order valence-corrected chi connectivity index (χ3v) is 6.67. The first-order chi connectivity index (χ1) is 17.5. The van der Waals surface area contributed by atoms with Crippen LogP contribution in [-0.4, -0.2) is 40.2 Å². The summed E-state index contributed by atoms with van der Waals surface area (Å²) in [6, 6.07) is 23.1. The van der Waals surface area contributed by atoms with E-state index in [-0.39, 0.29) is 11.4 Å². The van der Waals surface area contributed by atoms with Gasteiger partial charge in [0.15, 0.2) is 5.84 Å². The van der Waals surface area contributed by atoms with E-state index in [1.54, 1.807) is 6.08 Å². The minimum atomic E-state index is -0.450. The molecule has 8 heteroatoms. The molecule has 0 unspecified atom stereocenters. The summed E-state index contributed by atoms with van der Waals surface area (Å²) in [5.74, 6) is 1.10. The van der Waals surface area contributed by atoms with Crippen molar-refractivity contribution in [3.63, 3.8) is 0 Å². The average Bonchev–Trinajstić information content (AvgIpc) is 3.30. The third kappa shape index (κ3) is 4.94. The van der Waals surface area contributed by atoms with Crippen LogP contribution in [0.5, 0.6) is 11.5 Å². The molecule has 7 nitrogen and oxygen atoms in total. The number of nitrogens with one attached hydrogen (secondary N) is 1. The number of amidine groups is 2. The van der Waals surface area contributed by atoms with Gasteiger partial charge in [0.2, 0.25) is 5.17 Å². The first kappa shape index (κ1) is 23.6. The molecule has 0 radical (unpaired) electrons. The van der Waals surface area contributed by atoms with Gasteiger partial charge < -0.3 is 9.47 Å². The van der Waals surface area contributed by atoms with Crippen molar-refractivity contribution in [1.29, 1.82) is 5.41 Å². The van der Waals surface area contributed by atoms with Crippen molar-refractivity contribution in [2.75, 3.05) is 13.2 Å². The van der Waals surface area contributed by atoms with E-state index in [0.29, 0.717) is 24.1 Å². The van der Waals surface area contributed by atoms with E-state index in [4.69, 9.17) is 14.9 Å². The molecule has 0 aliphatic carbocycles. The SMILES string of the molecule is Cc1ccccc1OCCOc1ccc(/C=C2\C(=N)N3N=C(c4ccccc4C)SC3=NC2=O)cc1. The Morgan fingerprint density at radius 1 is 0.917 bits per heavy atom. The third-order valence-electron chi connectivity index (χ3n) is 5.72. The number of amides is 1. The quantitative estimate of drug-likeness (QED) is 0.348. The Balaban J connectivity index is 1.24. The molecule has 0 aromatic heterocycles. The smallest absolute Gasteiger partial charge is 0.283 e. The Morgan fingerprint density at radius 2 is 1.61 bits per heavy atom. The number of aliphatic imine (C=N–C) groups is 1. The molecule has 0 spiro atoms. The number of hydrogen-bond donors (Lipinski definition) is 1. The molecular formula is C28H24N4O3S. The monoisotopic (exact) mass is 496 g/mol. The molecule has 36 heavy (non-hydrogen) atoms. The van der Waals surface area contributed by atoms with Gasteiger partial charge in [-0.25, -0.2) is 0 Å². The Hall–Kier alpha value is -4.17. The van der Waals surface area contributed by atoms with Crippen molar-refractivity contribution in [1.82, 2.24) is 5.01 Å². The summed E-state index contributed by atoms with van der Waals surface area (Å²) >= 11 is 1.30. The summed E-state index contributed by atoms with van der Waals surface area (Å²) in [4.78, 5) is 16.9. The van der Waals surface area contributed by atoms with E-state index < -0.39 is 5.91 Å². The van der Waals surface area contributed by atoms with Crippen molar-refractivity contribution >= 4 is 39.8 Å². The fourth-order valence-electron chi connectivity index (χ4n) is 3.77. The summed E-state index contributed by atoms with van der Waals surface area (Å²) in [6.45, 7) is 4.85. The van der Waals surface area contributed by atoms with Gasteiger partial charge in [0.25, 0.3) is 5.91 Å². The molecule has 3 aromatic carbocycles. The van der Waals surface area contributed by atoms with Crippen molar-refractivity contribution in [3.8, 4) is 11.5 Å². The Kier molecular flexibility index (Phi) is 6.69. The molecule has 0 saturated carbocycles. The second-order valence-corrected chi connectivity index (χ2v) is 9.23. The van der Waals surface area contributed by atoms with E-state index in [2.05, 4.69) is 10.1 Å². The van der Waals surface area contributed by atoms with Gasteiger partial charge in [0.1, 0.15) is 29.8 Å². The van der Waals surface area contributed by atoms with Crippen LogP contribution >= 0.6 is 11.8 Å². The second-order valence-electron chi connectivity index (χ2n) is 8.27. The van der Waals surface area contributed by atoms with E-state index in [1.165, 1.54) is 16.8 Å². The lowest BCUT2D eigenvalue weighted by Crippen LogP contribution is -2.35. The number of fused-ring (bicyclic) bond motifs is 1. The van der Waals surface area contributed by atoms with E-state index in [1.807, 2.05) is 86.6 Å². The lowest BCUT2D eigenvalue weighted by Gasteiger charge is -2.20. The number of ether oxygens (including phenoxy) is 2. The number of para-hydroxylation sites is 1. The number of thioether (sulfide) groups is 1. The van der Waals surface area contributed by atoms with E-state index in [9.17, 15) is 4.79 Å². The molecule has 2 aliphatic rings. The predicted octanol–water partition coefficient (Wildman–Crippen LogP) is 5.43. The highest BCUT2D eigenvalue weighted by atomic mass is 32.2. The summed E-state index contributed by atoms with van der Waals surface area (Å²) in [5, 5.41) is 15.7. The predicted molar refractivity (Wildman–Crippen MR) is 144 cm³/mol. The van der Waals surface area contributed by atoms with Gasteiger partial charge in [-0.1, -0.05) is 54.6 Å². The Labute approximate surface area is 213 Å². The lowest BCUT2D eigenvalue weighted by molar-refractivity contribution is -0.114. The van der Waals surface area contributed by atoms with Crippen molar-refractivity contribution in [2.45, 2.75) is 13.8 Å². The van der Waals surface area contributed by atoms with E-state index in [0.717, 1.165) is 33.0 Å². The number of carbonyl (C=O) groups excluding carboxylic acids is 1. The van der Waals surface area contributed by atoms with Gasteiger partial charge in [-0.2, -0.15) is 15.1 Å². The van der Waals surface area contributed by atoms with Crippen LogP contribution in [0.2, 0.25) is 0 Å². The average molecular weight is 497 g/mol. The zero-order valence-electron chi connectivity index (χ0n) is 19.9. The highest BCUT2D eigenvalue weighted by Crippen LogP contribution is 2.32. The van der Waals surface area contributed by atoms with Gasteiger partial charge >= 0.3 is 0 Å². The summed E-state index contributed by atoms with van der Waals surface area (Å²) in [7, 11) is 0. The van der Waals surface area contributed by atoms with Crippen molar-refractivity contribution in [3.05, 3.63) is 101 Å². The molecule has 0 atom stereocenters. The number of rotatable bonds is 7. The first-order valence-electron chi connectivity index (χ1n) is 11.5. The maximum atomic E-state index is 12.7. The molecule has 2 aliphatic heterocycles. The van der Waals surface area contributed by atoms with Crippen LogP contribution in [0.3, 0.4) is 0 Å². The standard InChI is InChI=1S/C28H24N4O3S/c1-18-7-3-5-9-22(18)27-31-32-25(29)23(26(33)30-28(32)36-27)17-20-11-13-21(14-12-20)34-15-16-35-24-10-6-4-8-19(24)2/h3-14,17,29H,15-16H2,1-2H3/b23-17+,29-25?. The van der Waals surface area contributed by atoms with Crippen LogP contribution < -0.4 is 9.47 Å². The number of hydrogen-bond acceptors (Lipinski definition) is 6. The number of benzene rings is 3. The molecule has 0 fully saturated rings. The maximum absolute atomic E-state index is 12.7. The molecule has 1 N–H and O–H groups in total. The fourth-order valence-corrected chi connectivity index (χ4v) is 4.75. The second kappa shape index (κ2) is 10.2. The van der Waals surface area contributed by atoms with Crippen LogP contribution in [0.4, 0.5) is 0 Å². The molecular weight excluding hydrogens is 472 g/mol. The summed E-state index contributed by atoms with van der Waals surface area (Å²) in [6.07, 6.45) is 1.65. The summed E-state index contributed by atoms with van der Waals surface area (Å²) in [5.41, 5.74) is 4.07. The molecule has 1 amide bonds. The molecule has 3 aromatic rings. The number of aryl methyl sites for hydroxylation is 2. The molecule has 5 rings (SSSR count). The molecule has 2 heterocycles. The lowest BCUT2D eigenvalue weighted by atomic mass is 10.1. The molecule has 0 saturated heterocycles. The normalized spacial score (nSPS) is 16.1. The topological polar surface area (TPSA) is 87.3 Å². The van der Waals surface area contributed by atoms with Gasteiger partial charge in [-0.05, 0) is 66.6 Å². The zero-order chi connectivity index (χ0) is 25.1. The van der Waals surface area contributed by atoms with Gasteiger partial charge in [0, 0.05) is 5.56 Å². The van der Waals surface area contributed by atoms with Gasteiger partial charge in [-0.3, -0.25) is 10.2 Å². The van der Waals surface area contributed by atoms with E-state index >= 15 is 0 Å².